The Morgan fingerprint density at radius 2 is 1.11 bits per heavy atom. The smallest absolute Gasteiger partial charge is 1.00 e. The van der Waals surface area contributed by atoms with Gasteiger partial charge < -0.3 is 37.2 Å². The summed E-state index contributed by atoms with van der Waals surface area (Å²) in [7, 11) is -1.69. The Hall–Kier alpha value is 0.501. The molecule has 0 radical (unpaired) electrons. The number of benzene rings is 1. The number of halogens is 3. The largest absolute Gasteiger partial charge is 4.00 e. The first-order chi connectivity index (χ1) is 16.6. The fourth-order valence-corrected chi connectivity index (χ4v) is 9.98. The molecule has 1 unspecified atom stereocenters. The van der Waals surface area contributed by atoms with Crippen LogP contribution < -0.4 is 42.4 Å². The van der Waals surface area contributed by atoms with Crippen LogP contribution in [0.1, 0.15) is 130 Å². The Morgan fingerprint density at radius 3 is 1.53 bits per heavy atom. The van der Waals surface area contributed by atoms with E-state index in [4.69, 9.17) is 0 Å². The fourth-order valence-electron chi connectivity index (χ4n) is 5.75. The summed E-state index contributed by atoms with van der Waals surface area (Å²) < 4.78 is 0. The number of hydrogen-bond acceptors (Lipinski definition) is 0. The van der Waals surface area contributed by atoms with Gasteiger partial charge in [-0.05, 0) is 0 Å². The summed E-state index contributed by atoms with van der Waals surface area (Å²) in [6.45, 7) is 9.62. The van der Waals surface area contributed by atoms with Crippen LogP contribution in [0.3, 0.4) is 0 Å². The SMILES string of the molecule is CCCCCCCCCCCCCCCCCC[Si](C)(C1=[C-]CC=C1C(C)C)c1ccccc1.[Cl-].[Cl-].[Cl-].[Ti+4]. The molecule has 1 atom stereocenters. The molecule has 0 aromatic heterocycles. The van der Waals surface area contributed by atoms with Gasteiger partial charge in [-0.25, -0.2) is 5.20 Å². The van der Waals surface area contributed by atoms with Crippen LogP contribution in [0.2, 0.25) is 12.6 Å². The molecule has 0 fully saturated rings. The third-order valence-corrected chi connectivity index (χ3v) is 12.5. The molecular formula is C33H55Cl3SiTi. The second-order valence-electron chi connectivity index (χ2n) is 11.3. The summed E-state index contributed by atoms with van der Waals surface area (Å²) in [6, 6.07) is 12.8. The molecule has 0 saturated heterocycles. The van der Waals surface area contributed by atoms with E-state index < -0.39 is 8.07 Å². The topological polar surface area (TPSA) is 0 Å². The molecule has 0 spiro atoms. The van der Waals surface area contributed by atoms with Gasteiger partial charge in [-0.1, -0.05) is 178 Å². The van der Waals surface area contributed by atoms with E-state index in [9.17, 15) is 0 Å². The third-order valence-electron chi connectivity index (χ3n) is 8.00. The van der Waals surface area contributed by atoms with Crippen LogP contribution in [0.15, 0.2) is 47.2 Å². The Bertz CT molecular complexity index is 720. The van der Waals surface area contributed by atoms with Crippen LogP contribution in [0.4, 0.5) is 0 Å². The van der Waals surface area contributed by atoms with Crippen molar-refractivity contribution in [3.63, 3.8) is 0 Å². The van der Waals surface area contributed by atoms with Crippen LogP contribution in [0, 0.1) is 12.0 Å². The number of unbranched alkanes of at least 4 members (excludes halogenated alkanes) is 15. The van der Waals surface area contributed by atoms with Crippen molar-refractivity contribution < 1.29 is 58.9 Å². The van der Waals surface area contributed by atoms with Gasteiger partial charge >= 0.3 is 21.7 Å². The average Bonchev–Trinajstić information content (AvgIpc) is 3.35. The van der Waals surface area contributed by atoms with Crippen LogP contribution in [0.25, 0.3) is 0 Å². The first-order valence-corrected chi connectivity index (χ1v) is 17.7. The van der Waals surface area contributed by atoms with E-state index >= 15 is 0 Å². The van der Waals surface area contributed by atoms with Crippen molar-refractivity contribution in [3.05, 3.63) is 53.3 Å². The molecule has 0 heterocycles. The Morgan fingerprint density at radius 1 is 0.684 bits per heavy atom. The Kier molecular flexibility index (Phi) is 29.9. The summed E-state index contributed by atoms with van der Waals surface area (Å²) in [5, 5.41) is 3.22. The summed E-state index contributed by atoms with van der Waals surface area (Å²) in [4.78, 5) is 0. The van der Waals surface area contributed by atoms with Crippen LogP contribution in [-0.4, -0.2) is 8.07 Å². The van der Waals surface area contributed by atoms with Crippen molar-refractivity contribution in [1.29, 1.82) is 0 Å². The second-order valence-corrected chi connectivity index (χ2v) is 15.6. The van der Waals surface area contributed by atoms with Crippen molar-refractivity contribution in [2.24, 2.45) is 5.92 Å². The minimum atomic E-state index is -1.69. The third kappa shape index (κ3) is 16.1. The molecular weight excluding hydrogens is 579 g/mol. The van der Waals surface area contributed by atoms with E-state index in [1.807, 2.05) is 0 Å². The average molecular weight is 634 g/mol. The minimum Gasteiger partial charge on any atom is -1.00 e. The molecule has 0 N–H and O–H groups in total. The summed E-state index contributed by atoms with van der Waals surface area (Å²) in [6.07, 6.45) is 30.4. The zero-order chi connectivity index (χ0) is 24.5. The van der Waals surface area contributed by atoms with Gasteiger partial charge in [0.15, 0.2) is 0 Å². The number of allylic oxidation sites excluding steroid dienone is 4. The molecule has 0 bridgehead atoms. The van der Waals surface area contributed by atoms with E-state index in [1.165, 1.54) is 109 Å². The predicted molar refractivity (Wildman–Crippen MR) is 156 cm³/mol. The number of hydrogen-bond donors (Lipinski definition) is 0. The zero-order valence-electron chi connectivity index (χ0n) is 24.9. The molecule has 0 aliphatic heterocycles. The van der Waals surface area contributed by atoms with Crippen molar-refractivity contribution in [1.82, 2.24) is 0 Å². The molecule has 38 heavy (non-hydrogen) atoms. The molecule has 1 aliphatic carbocycles. The van der Waals surface area contributed by atoms with E-state index in [1.54, 1.807) is 16.0 Å². The maximum Gasteiger partial charge on any atom is 4.00 e. The monoisotopic (exact) mass is 632 g/mol. The first kappa shape index (κ1) is 43.0. The van der Waals surface area contributed by atoms with Crippen molar-refractivity contribution in [2.75, 3.05) is 0 Å². The Labute approximate surface area is 272 Å². The maximum absolute atomic E-state index is 3.82. The fraction of sp³-hybridized carbons (Fsp3) is 0.697. The van der Waals surface area contributed by atoms with Crippen molar-refractivity contribution in [2.45, 2.75) is 143 Å². The minimum absolute atomic E-state index is 0. The second kappa shape index (κ2) is 26.4. The van der Waals surface area contributed by atoms with Crippen molar-refractivity contribution in [3.8, 4) is 0 Å². The summed E-state index contributed by atoms with van der Waals surface area (Å²) in [5.74, 6) is 0.617. The maximum atomic E-state index is 3.82. The molecule has 2 rings (SSSR count). The first-order valence-electron chi connectivity index (χ1n) is 15.0. The van der Waals surface area contributed by atoms with E-state index in [-0.39, 0.29) is 58.9 Å². The zero-order valence-corrected chi connectivity index (χ0v) is 29.7. The summed E-state index contributed by atoms with van der Waals surface area (Å²) >= 11 is 0. The van der Waals surface area contributed by atoms with Crippen LogP contribution in [-0.2, 0) is 21.7 Å². The molecule has 1 aromatic carbocycles. The van der Waals surface area contributed by atoms with Gasteiger partial charge in [-0.3, -0.25) is 6.08 Å². The quantitative estimate of drug-likeness (QED) is 0.116. The van der Waals surface area contributed by atoms with Gasteiger partial charge in [0.1, 0.15) is 0 Å². The van der Waals surface area contributed by atoms with Crippen LogP contribution >= 0.6 is 0 Å². The molecule has 216 valence electrons. The van der Waals surface area contributed by atoms with Gasteiger partial charge in [0.2, 0.25) is 0 Å². The molecule has 0 saturated carbocycles. The summed E-state index contributed by atoms with van der Waals surface area (Å²) in [5.41, 5.74) is 1.59. The molecule has 0 amide bonds. The predicted octanol–water partition coefficient (Wildman–Crippen LogP) is 1.50. The van der Waals surface area contributed by atoms with Crippen LogP contribution in [0.5, 0.6) is 0 Å². The molecule has 5 heteroatoms. The normalized spacial score (nSPS) is 13.8. The van der Waals surface area contributed by atoms with E-state index in [2.05, 4.69) is 69.8 Å². The van der Waals surface area contributed by atoms with Gasteiger partial charge in [-0.15, -0.1) is 6.42 Å². The van der Waals surface area contributed by atoms with Crippen molar-refractivity contribution >= 4 is 13.3 Å². The molecule has 1 aromatic rings. The molecule has 0 nitrogen and oxygen atoms in total. The van der Waals surface area contributed by atoms with Gasteiger partial charge in [-0.2, -0.15) is 11.6 Å². The molecule has 1 aliphatic rings. The standard InChI is InChI=1S/C33H55Si.3ClH.Ti/c1-5-6-7-8-9-10-11-12-13-14-15-16-17-18-19-23-29-34(4,31-25-21-20-22-26-31)33-28-24-27-32(33)30(2)3;;;;/h20-22,25-27,30H,5-19,23-24,29H2,1-4H3;3*1H;/q-1;;;;+4/p-3. The van der Waals surface area contributed by atoms with Gasteiger partial charge in [0.05, 0.1) is 8.07 Å². The van der Waals surface area contributed by atoms with E-state index in [0.717, 1.165) is 6.42 Å². The number of rotatable bonds is 20. The Balaban J connectivity index is -0.00000306. The van der Waals surface area contributed by atoms with Gasteiger partial charge in [0, 0.05) is 0 Å². The van der Waals surface area contributed by atoms with E-state index in [0.29, 0.717) is 5.92 Å². The van der Waals surface area contributed by atoms with Gasteiger partial charge in [0.25, 0.3) is 0 Å².